The van der Waals surface area contributed by atoms with E-state index in [4.69, 9.17) is 21.6 Å². The minimum Gasteiger partial charge on any atom is -0.444 e. The number of carbonyl (C=O) groups excluding carboxylic acids is 1. The Hall–Kier alpha value is -2.98. The Morgan fingerprint density at radius 2 is 1.71 bits per heavy atom. The summed E-state index contributed by atoms with van der Waals surface area (Å²) in [6.45, 7) is 5.96. The summed E-state index contributed by atoms with van der Waals surface area (Å²) in [6, 6.07) is 24.7. The fraction of sp³-hybridized carbons (Fsp3) is 0.286. The van der Waals surface area contributed by atoms with Gasteiger partial charge in [0.05, 0.1) is 24.3 Å². The molecule has 3 aromatic rings. The standard InChI is InChI=1S/C28H29ClN2O3S/c1-28(2,3)34-27(33)31(19-26(32)22-5-4-6-23(29)17-22)16-15-20-7-11-24(12-8-20)35-25-13-9-21(18-30)10-14-25/h4-14,17,26,32H,15-16,19H2,1-3H3/t26-/m0/s1. The normalized spacial score (nSPS) is 12.0. The lowest BCUT2D eigenvalue weighted by Gasteiger charge is -2.29. The minimum absolute atomic E-state index is 0.0991. The van der Waals surface area contributed by atoms with Crippen LogP contribution in [0, 0.1) is 11.3 Å². The molecule has 1 amide bonds. The zero-order valence-corrected chi connectivity index (χ0v) is 21.6. The highest BCUT2D eigenvalue weighted by atomic mass is 35.5. The van der Waals surface area contributed by atoms with E-state index in [1.54, 1.807) is 48.2 Å². The predicted molar refractivity (Wildman–Crippen MR) is 140 cm³/mol. The van der Waals surface area contributed by atoms with Gasteiger partial charge in [0.15, 0.2) is 0 Å². The molecule has 182 valence electrons. The smallest absolute Gasteiger partial charge is 0.410 e. The summed E-state index contributed by atoms with van der Waals surface area (Å²) in [5, 5.41) is 20.2. The zero-order valence-electron chi connectivity index (χ0n) is 20.1. The van der Waals surface area contributed by atoms with Crippen molar-refractivity contribution in [1.29, 1.82) is 5.26 Å². The van der Waals surface area contributed by atoms with Crippen LogP contribution in [0.4, 0.5) is 4.79 Å². The van der Waals surface area contributed by atoms with Gasteiger partial charge in [0.25, 0.3) is 0 Å². The number of aliphatic hydroxyl groups excluding tert-OH is 1. The van der Waals surface area contributed by atoms with Crippen LogP contribution in [0.3, 0.4) is 0 Å². The van der Waals surface area contributed by atoms with Gasteiger partial charge in [-0.15, -0.1) is 0 Å². The molecule has 0 aromatic heterocycles. The Labute approximate surface area is 216 Å². The number of halogens is 1. The van der Waals surface area contributed by atoms with E-state index >= 15 is 0 Å². The van der Waals surface area contributed by atoms with E-state index in [0.717, 1.165) is 15.4 Å². The van der Waals surface area contributed by atoms with E-state index < -0.39 is 17.8 Å². The van der Waals surface area contributed by atoms with E-state index in [1.807, 2.05) is 57.2 Å². The number of aliphatic hydroxyl groups is 1. The second-order valence-electron chi connectivity index (χ2n) is 9.13. The van der Waals surface area contributed by atoms with Gasteiger partial charge < -0.3 is 14.7 Å². The van der Waals surface area contributed by atoms with Crippen LogP contribution in [0.15, 0.2) is 82.6 Å². The molecule has 0 bridgehead atoms. The quantitative estimate of drug-likeness (QED) is 0.359. The number of nitrogens with zero attached hydrogens (tertiary/aromatic N) is 2. The molecule has 0 radical (unpaired) electrons. The Balaban J connectivity index is 1.65. The van der Waals surface area contributed by atoms with Crippen LogP contribution >= 0.6 is 23.4 Å². The lowest BCUT2D eigenvalue weighted by Crippen LogP contribution is -2.40. The summed E-state index contributed by atoms with van der Waals surface area (Å²) in [7, 11) is 0. The van der Waals surface area contributed by atoms with Gasteiger partial charge in [-0.1, -0.05) is 47.6 Å². The van der Waals surface area contributed by atoms with Gasteiger partial charge in [-0.2, -0.15) is 5.26 Å². The summed E-state index contributed by atoms with van der Waals surface area (Å²) < 4.78 is 5.58. The van der Waals surface area contributed by atoms with E-state index in [0.29, 0.717) is 29.1 Å². The van der Waals surface area contributed by atoms with Gasteiger partial charge >= 0.3 is 6.09 Å². The molecule has 5 nitrogen and oxygen atoms in total. The van der Waals surface area contributed by atoms with Crippen molar-refractivity contribution in [2.45, 2.75) is 48.7 Å². The second-order valence-corrected chi connectivity index (χ2v) is 10.7. The van der Waals surface area contributed by atoms with Crippen molar-refractivity contribution in [1.82, 2.24) is 4.90 Å². The third-order valence-corrected chi connectivity index (χ3v) is 6.34. The number of ether oxygens (including phenoxy) is 1. The lowest BCUT2D eigenvalue weighted by molar-refractivity contribution is 0.0147. The predicted octanol–water partition coefficient (Wildman–Crippen LogP) is 6.88. The first-order chi connectivity index (χ1) is 16.6. The van der Waals surface area contributed by atoms with Crippen LogP contribution < -0.4 is 0 Å². The molecule has 0 fully saturated rings. The summed E-state index contributed by atoms with van der Waals surface area (Å²) in [5.74, 6) is 0. The van der Waals surface area contributed by atoms with Crippen LogP contribution in [0.5, 0.6) is 0 Å². The summed E-state index contributed by atoms with van der Waals surface area (Å²) >= 11 is 7.68. The summed E-state index contributed by atoms with van der Waals surface area (Å²) in [4.78, 5) is 16.5. The lowest BCUT2D eigenvalue weighted by atomic mass is 10.1. The monoisotopic (exact) mass is 508 g/mol. The van der Waals surface area contributed by atoms with Crippen molar-refractivity contribution in [3.63, 3.8) is 0 Å². The highest BCUT2D eigenvalue weighted by molar-refractivity contribution is 7.99. The van der Waals surface area contributed by atoms with E-state index in [-0.39, 0.29) is 6.54 Å². The average molecular weight is 509 g/mol. The summed E-state index contributed by atoms with van der Waals surface area (Å²) in [6.07, 6.45) is -0.734. The van der Waals surface area contributed by atoms with E-state index in [1.165, 1.54) is 4.90 Å². The molecule has 3 rings (SSSR count). The van der Waals surface area contributed by atoms with Gasteiger partial charge in [-0.3, -0.25) is 0 Å². The fourth-order valence-corrected chi connectivity index (χ4v) is 4.35. The highest BCUT2D eigenvalue weighted by Crippen LogP contribution is 2.28. The van der Waals surface area contributed by atoms with E-state index in [2.05, 4.69) is 6.07 Å². The molecule has 0 heterocycles. The fourth-order valence-electron chi connectivity index (χ4n) is 3.33. The number of rotatable bonds is 8. The van der Waals surface area contributed by atoms with E-state index in [9.17, 15) is 9.90 Å². The van der Waals surface area contributed by atoms with Crippen LogP contribution in [0.25, 0.3) is 0 Å². The van der Waals surface area contributed by atoms with Gasteiger partial charge in [-0.25, -0.2) is 4.79 Å². The highest BCUT2D eigenvalue weighted by Gasteiger charge is 2.24. The Morgan fingerprint density at radius 1 is 1.09 bits per heavy atom. The number of carbonyl (C=O) groups is 1. The van der Waals surface area contributed by atoms with Crippen molar-refractivity contribution in [2.75, 3.05) is 13.1 Å². The number of nitriles is 1. The van der Waals surface area contributed by atoms with Gasteiger partial charge in [0, 0.05) is 21.4 Å². The molecule has 3 aromatic carbocycles. The molecule has 0 saturated carbocycles. The number of benzene rings is 3. The summed E-state index contributed by atoms with van der Waals surface area (Å²) in [5.41, 5.74) is 1.72. The first-order valence-corrected chi connectivity index (χ1v) is 12.5. The third-order valence-electron chi connectivity index (χ3n) is 5.09. The van der Waals surface area contributed by atoms with Crippen LogP contribution in [-0.4, -0.2) is 34.8 Å². The van der Waals surface area contributed by atoms with Gasteiger partial charge in [0.2, 0.25) is 0 Å². The molecular formula is C28H29ClN2O3S. The molecule has 0 aliphatic carbocycles. The maximum absolute atomic E-state index is 12.9. The molecule has 7 heteroatoms. The SMILES string of the molecule is CC(C)(C)OC(=O)N(CCc1ccc(Sc2ccc(C#N)cc2)cc1)C[C@H](O)c1cccc(Cl)c1. The third kappa shape index (κ3) is 8.63. The van der Waals surface area contributed by atoms with Crippen LogP contribution in [-0.2, 0) is 11.2 Å². The Morgan fingerprint density at radius 3 is 2.29 bits per heavy atom. The van der Waals surface area contributed by atoms with Crippen molar-refractivity contribution in [3.05, 3.63) is 94.5 Å². The molecule has 0 spiro atoms. The van der Waals surface area contributed by atoms with Crippen LogP contribution in [0.1, 0.15) is 43.6 Å². The second kappa shape index (κ2) is 12.1. The van der Waals surface area contributed by atoms with Crippen molar-refractivity contribution < 1.29 is 14.6 Å². The van der Waals surface area contributed by atoms with Crippen molar-refractivity contribution in [3.8, 4) is 6.07 Å². The minimum atomic E-state index is -0.882. The maximum Gasteiger partial charge on any atom is 0.410 e. The Kier molecular flexibility index (Phi) is 9.22. The van der Waals surface area contributed by atoms with Crippen molar-refractivity contribution in [2.24, 2.45) is 0 Å². The molecule has 0 aliphatic rings. The number of hydrogen-bond acceptors (Lipinski definition) is 5. The molecule has 0 aliphatic heterocycles. The maximum atomic E-state index is 12.9. The molecule has 1 N–H and O–H groups in total. The first kappa shape index (κ1) is 26.6. The molecule has 0 saturated heterocycles. The zero-order chi connectivity index (χ0) is 25.4. The van der Waals surface area contributed by atoms with Gasteiger partial charge in [-0.05, 0) is 86.8 Å². The largest absolute Gasteiger partial charge is 0.444 e. The number of hydrogen-bond donors (Lipinski definition) is 1. The molecule has 0 unspecified atom stereocenters. The number of amides is 1. The average Bonchev–Trinajstić information content (AvgIpc) is 2.82. The topological polar surface area (TPSA) is 73.6 Å². The molecular weight excluding hydrogens is 480 g/mol. The van der Waals surface area contributed by atoms with Crippen LogP contribution in [0.2, 0.25) is 5.02 Å². The van der Waals surface area contributed by atoms with Crippen molar-refractivity contribution >= 4 is 29.5 Å². The van der Waals surface area contributed by atoms with Gasteiger partial charge in [0.1, 0.15) is 5.60 Å². The molecule has 1 atom stereocenters. The Bertz CT molecular complexity index is 1170. The molecule has 35 heavy (non-hydrogen) atoms. The first-order valence-electron chi connectivity index (χ1n) is 11.3.